The number of Topliss-reactive ketones (excluding diaryl/α,β-unsaturated/α-hetero) is 1. The lowest BCUT2D eigenvalue weighted by Crippen LogP contribution is -2.39. The van der Waals surface area contributed by atoms with Crippen molar-refractivity contribution in [2.45, 2.75) is 31.6 Å². The van der Waals surface area contributed by atoms with Gasteiger partial charge in [-0.05, 0) is 55.5 Å². The largest absolute Gasteiger partial charge is 0.378 e. The van der Waals surface area contributed by atoms with Crippen LogP contribution >= 0.6 is 11.6 Å². The average Bonchev–Trinajstić information content (AvgIpc) is 2.68. The Morgan fingerprint density at radius 2 is 2.04 bits per heavy atom. The van der Waals surface area contributed by atoms with Crippen molar-refractivity contribution in [3.05, 3.63) is 58.6 Å². The van der Waals surface area contributed by atoms with Gasteiger partial charge in [-0.3, -0.25) is 4.79 Å². The molecule has 1 fully saturated rings. The first kappa shape index (κ1) is 20.8. The molecule has 1 N–H and O–H groups in total. The van der Waals surface area contributed by atoms with Crippen molar-refractivity contribution >= 4 is 33.1 Å². The Morgan fingerprint density at radius 3 is 2.75 bits per heavy atom. The SMILES string of the molecule is Cc1ccc(NCC(=O)c2cccc(S(=O)(=O)N3CCCC(C)C3)c2)cc1Cl. The fourth-order valence-corrected chi connectivity index (χ4v) is 5.16. The number of hydrogen-bond donors (Lipinski definition) is 1. The van der Waals surface area contributed by atoms with Gasteiger partial charge >= 0.3 is 0 Å². The summed E-state index contributed by atoms with van der Waals surface area (Å²) in [4.78, 5) is 12.7. The minimum Gasteiger partial charge on any atom is -0.378 e. The first-order valence-corrected chi connectivity index (χ1v) is 11.2. The molecule has 0 aromatic heterocycles. The smallest absolute Gasteiger partial charge is 0.243 e. The molecular weight excluding hydrogens is 396 g/mol. The zero-order chi connectivity index (χ0) is 20.3. The molecule has 0 saturated carbocycles. The number of hydrogen-bond acceptors (Lipinski definition) is 4. The van der Waals surface area contributed by atoms with Gasteiger partial charge in [0, 0.05) is 29.4 Å². The maximum absolute atomic E-state index is 12.9. The third-order valence-electron chi connectivity index (χ3n) is 5.04. The Kier molecular flexibility index (Phi) is 6.43. The number of carbonyl (C=O) groups excluding carboxylic acids is 1. The van der Waals surface area contributed by atoms with E-state index in [1.54, 1.807) is 24.3 Å². The van der Waals surface area contributed by atoms with E-state index >= 15 is 0 Å². The van der Waals surface area contributed by atoms with Crippen LogP contribution in [0.5, 0.6) is 0 Å². The van der Waals surface area contributed by atoms with E-state index < -0.39 is 10.0 Å². The normalized spacial score (nSPS) is 18.0. The molecule has 2 aromatic rings. The van der Waals surface area contributed by atoms with E-state index in [0.717, 1.165) is 24.1 Å². The van der Waals surface area contributed by atoms with E-state index in [1.807, 2.05) is 19.1 Å². The molecule has 0 spiro atoms. The summed E-state index contributed by atoms with van der Waals surface area (Å²) in [5.74, 6) is 0.166. The molecule has 28 heavy (non-hydrogen) atoms. The summed E-state index contributed by atoms with van der Waals surface area (Å²) in [6.07, 6.45) is 1.90. The van der Waals surface area contributed by atoms with Gasteiger partial charge in [0.15, 0.2) is 5.78 Å². The minimum absolute atomic E-state index is 0.0592. The molecule has 1 saturated heterocycles. The zero-order valence-corrected chi connectivity index (χ0v) is 17.7. The number of sulfonamides is 1. The molecule has 150 valence electrons. The number of nitrogens with one attached hydrogen (secondary N) is 1. The van der Waals surface area contributed by atoms with Crippen molar-refractivity contribution < 1.29 is 13.2 Å². The second-order valence-corrected chi connectivity index (χ2v) is 9.72. The molecule has 3 rings (SSSR count). The van der Waals surface area contributed by atoms with E-state index in [1.165, 1.54) is 10.4 Å². The molecule has 1 aliphatic rings. The van der Waals surface area contributed by atoms with Crippen LogP contribution in [0.25, 0.3) is 0 Å². The van der Waals surface area contributed by atoms with E-state index in [9.17, 15) is 13.2 Å². The monoisotopic (exact) mass is 420 g/mol. The number of benzene rings is 2. The van der Waals surface area contributed by atoms with Crippen molar-refractivity contribution in [2.24, 2.45) is 5.92 Å². The Morgan fingerprint density at radius 1 is 1.25 bits per heavy atom. The van der Waals surface area contributed by atoms with E-state index in [0.29, 0.717) is 29.6 Å². The van der Waals surface area contributed by atoms with Crippen molar-refractivity contribution in [3.8, 4) is 0 Å². The van der Waals surface area contributed by atoms with Crippen molar-refractivity contribution in [2.75, 3.05) is 25.0 Å². The fourth-order valence-electron chi connectivity index (χ4n) is 3.33. The molecule has 0 bridgehead atoms. The maximum atomic E-state index is 12.9. The standard InChI is InChI=1S/C21H25ClN2O3S/c1-15-5-4-10-24(14-15)28(26,27)19-7-3-6-17(11-19)21(25)13-23-18-9-8-16(2)20(22)12-18/h3,6-9,11-12,15,23H,4-5,10,13-14H2,1-2H3. The third-order valence-corrected chi connectivity index (χ3v) is 7.31. The lowest BCUT2D eigenvalue weighted by atomic mass is 10.0. The zero-order valence-electron chi connectivity index (χ0n) is 16.1. The number of anilines is 1. The van der Waals surface area contributed by atoms with Gasteiger partial charge in [0.1, 0.15) is 0 Å². The lowest BCUT2D eigenvalue weighted by molar-refractivity contribution is 0.101. The molecule has 7 heteroatoms. The highest BCUT2D eigenvalue weighted by Crippen LogP contribution is 2.24. The highest BCUT2D eigenvalue weighted by molar-refractivity contribution is 7.89. The number of carbonyl (C=O) groups is 1. The van der Waals surface area contributed by atoms with E-state index in [4.69, 9.17) is 11.6 Å². The lowest BCUT2D eigenvalue weighted by Gasteiger charge is -2.30. The predicted molar refractivity (Wildman–Crippen MR) is 113 cm³/mol. The van der Waals surface area contributed by atoms with Crippen molar-refractivity contribution in [3.63, 3.8) is 0 Å². The first-order chi connectivity index (χ1) is 13.3. The van der Waals surface area contributed by atoms with Crippen molar-refractivity contribution in [1.29, 1.82) is 0 Å². The number of rotatable bonds is 6. The minimum atomic E-state index is -3.59. The number of aryl methyl sites for hydroxylation is 1. The summed E-state index contributed by atoms with van der Waals surface area (Å²) in [7, 11) is -3.59. The summed E-state index contributed by atoms with van der Waals surface area (Å²) in [5.41, 5.74) is 2.08. The van der Waals surface area contributed by atoms with Crippen LogP contribution < -0.4 is 5.32 Å². The van der Waals surface area contributed by atoms with Crippen LogP contribution in [0.4, 0.5) is 5.69 Å². The summed E-state index contributed by atoms with van der Waals surface area (Å²) in [6, 6.07) is 11.8. The van der Waals surface area contributed by atoms with Crippen LogP contribution in [-0.4, -0.2) is 38.1 Å². The summed E-state index contributed by atoms with van der Waals surface area (Å²) in [6.45, 7) is 5.08. The fraction of sp³-hybridized carbons (Fsp3) is 0.381. The maximum Gasteiger partial charge on any atom is 0.243 e. The van der Waals surface area contributed by atoms with Gasteiger partial charge in [0.05, 0.1) is 11.4 Å². The van der Waals surface area contributed by atoms with Gasteiger partial charge in [-0.15, -0.1) is 0 Å². The van der Waals surface area contributed by atoms with Gasteiger partial charge in [0.2, 0.25) is 10.0 Å². The van der Waals surface area contributed by atoms with Crippen LogP contribution in [0.3, 0.4) is 0 Å². The second kappa shape index (κ2) is 8.64. The molecule has 5 nitrogen and oxygen atoms in total. The molecule has 1 heterocycles. The van der Waals surface area contributed by atoms with Crippen LogP contribution in [0, 0.1) is 12.8 Å². The number of ketones is 1. The molecule has 1 aliphatic heterocycles. The quantitative estimate of drug-likeness (QED) is 0.705. The number of halogens is 1. The Bertz CT molecular complexity index is 975. The van der Waals surface area contributed by atoms with Gasteiger partial charge in [0.25, 0.3) is 0 Å². The van der Waals surface area contributed by atoms with Crippen LogP contribution in [-0.2, 0) is 10.0 Å². The molecular formula is C21H25ClN2O3S. The molecule has 0 aliphatic carbocycles. The average molecular weight is 421 g/mol. The number of nitrogens with zero attached hydrogens (tertiary/aromatic N) is 1. The van der Waals surface area contributed by atoms with Gasteiger partial charge in [-0.1, -0.05) is 36.7 Å². The third kappa shape index (κ3) is 4.74. The first-order valence-electron chi connectivity index (χ1n) is 9.41. The van der Waals surface area contributed by atoms with Gasteiger partial charge < -0.3 is 5.32 Å². The van der Waals surface area contributed by atoms with Crippen molar-refractivity contribution in [1.82, 2.24) is 4.31 Å². The molecule has 0 radical (unpaired) electrons. The van der Waals surface area contributed by atoms with Crippen LogP contribution in [0.15, 0.2) is 47.4 Å². The summed E-state index contributed by atoms with van der Waals surface area (Å²) >= 11 is 6.10. The highest BCUT2D eigenvalue weighted by Gasteiger charge is 2.29. The number of piperidine rings is 1. The highest BCUT2D eigenvalue weighted by atomic mass is 35.5. The molecule has 1 atom stereocenters. The molecule has 0 amide bonds. The van der Waals surface area contributed by atoms with E-state index in [2.05, 4.69) is 12.2 Å². The van der Waals surface area contributed by atoms with Crippen LogP contribution in [0.1, 0.15) is 35.7 Å². The second-order valence-electron chi connectivity index (χ2n) is 7.38. The topological polar surface area (TPSA) is 66.5 Å². The van der Waals surface area contributed by atoms with Gasteiger partial charge in [-0.25, -0.2) is 8.42 Å². The van der Waals surface area contributed by atoms with E-state index in [-0.39, 0.29) is 17.2 Å². The predicted octanol–water partition coefficient (Wildman–Crippen LogP) is 4.36. The van der Waals surface area contributed by atoms with Crippen LogP contribution in [0.2, 0.25) is 5.02 Å². The summed E-state index contributed by atoms with van der Waals surface area (Å²) < 4.78 is 27.4. The summed E-state index contributed by atoms with van der Waals surface area (Å²) in [5, 5.41) is 3.67. The Labute approximate surface area is 171 Å². The van der Waals surface area contributed by atoms with Gasteiger partial charge in [-0.2, -0.15) is 4.31 Å². The molecule has 1 unspecified atom stereocenters. The molecule has 2 aromatic carbocycles. The Hall–Kier alpha value is -1.89. The Balaban J connectivity index is 1.73.